The molecule has 17 heavy (non-hydrogen) atoms. The van der Waals surface area contributed by atoms with E-state index >= 15 is 0 Å². The molecule has 0 amide bonds. The fourth-order valence-electron chi connectivity index (χ4n) is 3.29. The normalized spacial score (nSPS) is 28.1. The number of rotatable bonds is 5. The van der Waals surface area contributed by atoms with Crippen LogP contribution >= 0.6 is 0 Å². The Hall–Kier alpha value is -0.120. The van der Waals surface area contributed by atoms with Crippen LogP contribution in [0.3, 0.4) is 0 Å². The van der Waals surface area contributed by atoms with Crippen LogP contribution in [-0.4, -0.2) is 62.7 Å². The van der Waals surface area contributed by atoms with Gasteiger partial charge >= 0.3 is 0 Å². The molecule has 0 aromatic heterocycles. The lowest BCUT2D eigenvalue weighted by Crippen LogP contribution is -2.50. The van der Waals surface area contributed by atoms with Gasteiger partial charge in [0.1, 0.15) is 0 Å². The van der Waals surface area contributed by atoms with Crippen LogP contribution in [-0.2, 0) is 0 Å². The van der Waals surface area contributed by atoms with Gasteiger partial charge in [-0.05, 0) is 45.8 Å². The second-order valence-electron chi connectivity index (χ2n) is 6.11. The van der Waals surface area contributed by atoms with E-state index in [1.807, 2.05) is 0 Å². The number of nitrogens with zero attached hydrogens (tertiary/aromatic N) is 2. The van der Waals surface area contributed by atoms with E-state index in [1.165, 1.54) is 58.3 Å². The van der Waals surface area contributed by atoms with Crippen LogP contribution in [0.5, 0.6) is 0 Å². The number of nitrogens with one attached hydrogen (secondary N) is 1. The molecular weight excluding hydrogens is 210 g/mol. The Morgan fingerprint density at radius 1 is 1.29 bits per heavy atom. The molecule has 2 fully saturated rings. The van der Waals surface area contributed by atoms with Gasteiger partial charge in [0.05, 0.1) is 0 Å². The molecule has 0 radical (unpaired) electrons. The molecule has 2 rings (SSSR count). The Labute approximate surface area is 107 Å². The minimum absolute atomic E-state index is 0.708. The van der Waals surface area contributed by atoms with E-state index in [9.17, 15) is 0 Å². The van der Waals surface area contributed by atoms with Crippen molar-refractivity contribution in [2.24, 2.45) is 5.92 Å². The second kappa shape index (κ2) is 6.72. The fourth-order valence-corrected chi connectivity index (χ4v) is 3.29. The summed E-state index contributed by atoms with van der Waals surface area (Å²) in [4.78, 5) is 4.99. The molecule has 1 N–H and O–H groups in total. The molecule has 1 aliphatic heterocycles. The van der Waals surface area contributed by atoms with Crippen molar-refractivity contribution in [3.05, 3.63) is 0 Å². The molecule has 1 saturated carbocycles. The topological polar surface area (TPSA) is 18.5 Å². The van der Waals surface area contributed by atoms with Crippen molar-refractivity contribution in [2.45, 2.75) is 38.1 Å². The van der Waals surface area contributed by atoms with Gasteiger partial charge in [0.15, 0.2) is 0 Å². The molecule has 2 aliphatic rings. The molecule has 100 valence electrons. The van der Waals surface area contributed by atoms with Gasteiger partial charge in [-0.1, -0.05) is 12.8 Å². The minimum atomic E-state index is 0.708. The van der Waals surface area contributed by atoms with E-state index in [1.54, 1.807) is 0 Å². The van der Waals surface area contributed by atoms with Crippen molar-refractivity contribution in [3.8, 4) is 0 Å². The van der Waals surface area contributed by atoms with Crippen LogP contribution < -0.4 is 5.32 Å². The smallest absolute Gasteiger partial charge is 0.0207 e. The van der Waals surface area contributed by atoms with Crippen molar-refractivity contribution in [1.82, 2.24) is 15.1 Å². The summed E-state index contributed by atoms with van der Waals surface area (Å²) in [5.41, 5.74) is 0. The Balaban J connectivity index is 1.59. The molecule has 1 unspecified atom stereocenters. The molecular formula is C14H29N3. The summed E-state index contributed by atoms with van der Waals surface area (Å²) < 4.78 is 0. The molecule has 1 saturated heterocycles. The van der Waals surface area contributed by atoms with Gasteiger partial charge in [-0.25, -0.2) is 0 Å². The lowest BCUT2D eigenvalue weighted by molar-refractivity contribution is 0.206. The van der Waals surface area contributed by atoms with Gasteiger partial charge < -0.3 is 15.1 Å². The molecule has 1 aliphatic carbocycles. The average molecular weight is 239 g/mol. The third-order valence-corrected chi connectivity index (χ3v) is 4.36. The first-order valence-corrected chi connectivity index (χ1v) is 7.34. The largest absolute Gasteiger partial charge is 0.311 e. The van der Waals surface area contributed by atoms with Crippen molar-refractivity contribution in [1.29, 1.82) is 0 Å². The van der Waals surface area contributed by atoms with E-state index < -0.39 is 0 Å². The Morgan fingerprint density at radius 3 is 2.76 bits per heavy atom. The Bertz CT molecular complexity index is 214. The number of hydrogen-bond acceptors (Lipinski definition) is 3. The third-order valence-electron chi connectivity index (χ3n) is 4.36. The highest BCUT2D eigenvalue weighted by Gasteiger charge is 2.19. The average Bonchev–Trinajstić information content (AvgIpc) is 2.79. The van der Waals surface area contributed by atoms with Crippen molar-refractivity contribution in [2.75, 3.05) is 46.8 Å². The van der Waals surface area contributed by atoms with Crippen LogP contribution in [0.2, 0.25) is 0 Å². The summed E-state index contributed by atoms with van der Waals surface area (Å²) >= 11 is 0. The Morgan fingerprint density at radius 2 is 2.06 bits per heavy atom. The van der Waals surface area contributed by atoms with Crippen molar-refractivity contribution in [3.63, 3.8) is 0 Å². The van der Waals surface area contributed by atoms with Gasteiger partial charge in [-0.15, -0.1) is 0 Å². The maximum Gasteiger partial charge on any atom is 0.0207 e. The van der Waals surface area contributed by atoms with Crippen molar-refractivity contribution >= 4 is 0 Å². The summed E-state index contributed by atoms with van der Waals surface area (Å²) in [5, 5.41) is 3.63. The highest BCUT2D eigenvalue weighted by Crippen LogP contribution is 2.25. The lowest BCUT2D eigenvalue weighted by atomic mass is 10.1. The second-order valence-corrected chi connectivity index (χ2v) is 6.11. The third kappa shape index (κ3) is 4.57. The monoisotopic (exact) mass is 239 g/mol. The SMILES string of the molecule is CN(CCC1CN(C)CCN1)CC1CCCC1. The summed E-state index contributed by atoms with van der Waals surface area (Å²) in [6.45, 7) is 6.16. The highest BCUT2D eigenvalue weighted by atomic mass is 15.2. The molecule has 0 spiro atoms. The van der Waals surface area contributed by atoms with Gasteiger partial charge in [0.25, 0.3) is 0 Å². The van der Waals surface area contributed by atoms with E-state index in [0.717, 1.165) is 12.5 Å². The highest BCUT2D eigenvalue weighted by molar-refractivity contribution is 4.78. The number of likely N-dealkylation sites (N-methyl/N-ethyl adjacent to an activating group) is 1. The molecule has 3 heteroatoms. The zero-order valence-electron chi connectivity index (χ0n) is 11.6. The zero-order valence-corrected chi connectivity index (χ0v) is 11.6. The molecule has 1 heterocycles. The van der Waals surface area contributed by atoms with Crippen LogP contribution in [0, 0.1) is 5.92 Å². The van der Waals surface area contributed by atoms with Crippen LogP contribution in [0.15, 0.2) is 0 Å². The molecule has 1 atom stereocenters. The summed E-state index contributed by atoms with van der Waals surface area (Å²) in [6, 6.07) is 0.708. The predicted molar refractivity (Wildman–Crippen MR) is 73.4 cm³/mol. The van der Waals surface area contributed by atoms with E-state index in [2.05, 4.69) is 29.2 Å². The van der Waals surface area contributed by atoms with E-state index in [-0.39, 0.29) is 0 Å². The number of hydrogen-bond donors (Lipinski definition) is 1. The first-order valence-electron chi connectivity index (χ1n) is 7.34. The number of piperazine rings is 1. The lowest BCUT2D eigenvalue weighted by Gasteiger charge is -2.32. The maximum atomic E-state index is 3.63. The Kier molecular flexibility index (Phi) is 5.26. The summed E-state index contributed by atoms with van der Waals surface area (Å²) in [6.07, 6.45) is 7.16. The van der Waals surface area contributed by atoms with E-state index in [0.29, 0.717) is 6.04 Å². The van der Waals surface area contributed by atoms with E-state index in [4.69, 9.17) is 0 Å². The maximum absolute atomic E-state index is 3.63. The fraction of sp³-hybridized carbons (Fsp3) is 1.00. The van der Waals surface area contributed by atoms with Crippen LogP contribution in [0.25, 0.3) is 0 Å². The first-order chi connectivity index (χ1) is 8.24. The van der Waals surface area contributed by atoms with Crippen LogP contribution in [0.1, 0.15) is 32.1 Å². The van der Waals surface area contributed by atoms with Gasteiger partial charge in [-0.3, -0.25) is 0 Å². The van der Waals surface area contributed by atoms with Crippen molar-refractivity contribution < 1.29 is 0 Å². The van der Waals surface area contributed by atoms with Gasteiger partial charge in [0, 0.05) is 32.2 Å². The predicted octanol–water partition coefficient (Wildman–Crippen LogP) is 1.40. The zero-order chi connectivity index (χ0) is 12.1. The first kappa shape index (κ1) is 13.3. The quantitative estimate of drug-likeness (QED) is 0.782. The molecule has 0 aromatic carbocycles. The van der Waals surface area contributed by atoms with Gasteiger partial charge in [-0.2, -0.15) is 0 Å². The molecule has 3 nitrogen and oxygen atoms in total. The van der Waals surface area contributed by atoms with Gasteiger partial charge in [0.2, 0.25) is 0 Å². The van der Waals surface area contributed by atoms with Crippen LogP contribution in [0.4, 0.5) is 0 Å². The molecule has 0 bridgehead atoms. The standard InChI is InChI=1S/C14H29N3/c1-16(11-13-5-3-4-6-13)9-7-14-12-17(2)10-8-15-14/h13-15H,3-12H2,1-2H3. The molecule has 0 aromatic rings. The minimum Gasteiger partial charge on any atom is -0.311 e. The summed E-state index contributed by atoms with van der Waals surface area (Å²) in [5.74, 6) is 0.988. The summed E-state index contributed by atoms with van der Waals surface area (Å²) in [7, 11) is 4.53.